The molecule has 0 aliphatic heterocycles. The highest BCUT2D eigenvalue weighted by molar-refractivity contribution is 7.47. The summed E-state index contributed by atoms with van der Waals surface area (Å²) in [6, 6.07) is 0. The second-order valence-electron chi connectivity index (χ2n) is 24.2. The van der Waals surface area contributed by atoms with Crippen molar-refractivity contribution in [1.82, 2.24) is 0 Å². The summed E-state index contributed by atoms with van der Waals surface area (Å²) < 4.78 is 67.9. The fraction of sp³-hybridized carbons (Fsp3) is 0.881. The number of esters is 4. The van der Waals surface area contributed by atoms with Crippen molar-refractivity contribution in [2.75, 3.05) is 39.6 Å². The number of ether oxygens (including phenoxy) is 4. The number of aliphatic hydroxyl groups is 1. The molecule has 0 aromatic rings. The molecular formula is C67H126O17P2. The molecule has 3 unspecified atom stereocenters. The summed E-state index contributed by atoms with van der Waals surface area (Å²) in [4.78, 5) is 72.1. The molecule has 0 amide bonds. The van der Waals surface area contributed by atoms with Gasteiger partial charge < -0.3 is 33.8 Å². The molecule has 86 heavy (non-hydrogen) atoms. The molecule has 0 aliphatic rings. The van der Waals surface area contributed by atoms with Crippen LogP contribution in [0.25, 0.3) is 0 Å². The predicted molar refractivity (Wildman–Crippen MR) is 344 cm³/mol. The topological polar surface area (TPSA) is 237 Å². The third-order valence-electron chi connectivity index (χ3n) is 15.2. The summed E-state index contributed by atoms with van der Waals surface area (Å²) in [5.41, 5.74) is 0. The standard InChI is InChI=1S/C67H126O17P2/c1-7-10-12-14-15-16-17-18-19-22-25-28-31-38-44-50-65(70)78-56-63(83-66(71)51-45-39-32-29-26-23-20-21-24-27-30-36-41-47-59(4)5)58-82-86(75,76)80-54-61(68)53-79-85(73,74)81-57-62(55-77-64(69)49-43-35-13-11-8-2)84-67(72)52-46-40-34-33-37-42-48-60(6)9-3/h16-19,59-63,68H,7-15,20-58H2,1-6H3,(H,73,74)(H,75,76)/b17-16-,19-18-/t60?,61-,62+,63+/m0/s1. The van der Waals surface area contributed by atoms with E-state index in [1.54, 1.807) is 0 Å². The fourth-order valence-electron chi connectivity index (χ4n) is 9.49. The highest BCUT2D eigenvalue weighted by atomic mass is 31.2. The lowest BCUT2D eigenvalue weighted by molar-refractivity contribution is -0.161. The maximum Gasteiger partial charge on any atom is 0.472 e. The van der Waals surface area contributed by atoms with Crippen LogP contribution in [-0.4, -0.2) is 96.7 Å². The Kier molecular flexibility index (Phi) is 57.2. The maximum absolute atomic E-state index is 13.0. The molecule has 506 valence electrons. The normalized spacial score (nSPS) is 14.7. The number of hydrogen-bond donors (Lipinski definition) is 3. The van der Waals surface area contributed by atoms with Gasteiger partial charge in [0.1, 0.15) is 19.3 Å². The average Bonchev–Trinajstić information content (AvgIpc) is 3.69. The molecule has 0 fully saturated rings. The Morgan fingerprint density at radius 1 is 0.384 bits per heavy atom. The van der Waals surface area contributed by atoms with E-state index in [1.807, 2.05) is 0 Å². The summed E-state index contributed by atoms with van der Waals surface area (Å²) in [5.74, 6) is -0.670. The molecule has 0 aromatic heterocycles. The van der Waals surface area contributed by atoms with E-state index < -0.39 is 97.5 Å². The van der Waals surface area contributed by atoms with Crippen molar-refractivity contribution in [3.8, 4) is 0 Å². The molecule has 0 radical (unpaired) electrons. The smallest absolute Gasteiger partial charge is 0.462 e. The minimum atomic E-state index is -4.95. The van der Waals surface area contributed by atoms with E-state index >= 15 is 0 Å². The second kappa shape index (κ2) is 58.9. The lowest BCUT2D eigenvalue weighted by Crippen LogP contribution is -2.30. The lowest BCUT2D eigenvalue weighted by atomic mass is 10.00. The van der Waals surface area contributed by atoms with Gasteiger partial charge in [-0.3, -0.25) is 37.3 Å². The van der Waals surface area contributed by atoms with E-state index in [0.717, 1.165) is 127 Å². The summed E-state index contributed by atoms with van der Waals surface area (Å²) >= 11 is 0. The van der Waals surface area contributed by atoms with Crippen LogP contribution in [0.1, 0.15) is 311 Å². The van der Waals surface area contributed by atoms with Crippen molar-refractivity contribution < 1.29 is 80.2 Å². The molecule has 0 bridgehead atoms. The summed E-state index contributed by atoms with van der Waals surface area (Å²) in [7, 11) is -9.90. The van der Waals surface area contributed by atoms with Gasteiger partial charge in [0.05, 0.1) is 26.4 Å². The number of hydrogen-bond acceptors (Lipinski definition) is 15. The number of carbonyl (C=O) groups excluding carboxylic acids is 4. The minimum Gasteiger partial charge on any atom is -0.462 e. The van der Waals surface area contributed by atoms with Crippen LogP contribution in [0.5, 0.6) is 0 Å². The molecule has 17 nitrogen and oxygen atoms in total. The van der Waals surface area contributed by atoms with Gasteiger partial charge >= 0.3 is 39.5 Å². The molecule has 0 aliphatic carbocycles. The van der Waals surface area contributed by atoms with Gasteiger partial charge in [-0.15, -0.1) is 0 Å². The molecule has 19 heteroatoms. The van der Waals surface area contributed by atoms with Gasteiger partial charge in [0.25, 0.3) is 0 Å². The monoisotopic (exact) mass is 1260 g/mol. The molecule has 0 spiro atoms. The van der Waals surface area contributed by atoms with Gasteiger partial charge in [-0.2, -0.15) is 0 Å². The third-order valence-corrected chi connectivity index (χ3v) is 17.1. The Labute approximate surface area is 522 Å². The van der Waals surface area contributed by atoms with Gasteiger partial charge in [-0.05, 0) is 63.2 Å². The lowest BCUT2D eigenvalue weighted by Gasteiger charge is -2.21. The number of phosphoric acid groups is 2. The van der Waals surface area contributed by atoms with Crippen LogP contribution in [0.15, 0.2) is 24.3 Å². The van der Waals surface area contributed by atoms with Crippen LogP contribution >= 0.6 is 15.6 Å². The number of allylic oxidation sites excluding steroid dienone is 4. The molecule has 0 heterocycles. The van der Waals surface area contributed by atoms with Gasteiger partial charge in [0.2, 0.25) is 0 Å². The van der Waals surface area contributed by atoms with Crippen LogP contribution in [0.3, 0.4) is 0 Å². The quantitative estimate of drug-likeness (QED) is 0.0169. The molecule has 0 saturated carbocycles. The Balaban J connectivity index is 5.21. The summed E-state index contributed by atoms with van der Waals surface area (Å²) in [5, 5.41) is 10.5. The molecule has 0 saturated heterocycles. The van der Waals surface area contributed by atoms with Gasteiger partial charge in [0, 0.05) is 25.7 Å². The van der Waals surface area contributed by atoms with Crippen LogP contribution < -0.4 is 0 Å². The highest BCUT2D eigenvalue weighted by Gasteiger charge is 2.30. The van der Waals surface area contributed by atoms with Crippen molar-refractivity contribution in [1.29, 1.82) is 0 Å². The predicted octanol–water partition coefficient (Wildman–Crippen LogP) is 18.4. The van der Waals surface area contributed by atoms with Gasteiger partial charge in [-0.1, -0.05) is 258 Å². The Bertz CT molecular complexity index is 1780. The van der Waals surface area contributed by atoms with E-state index in [1.165, 1.54) is 103 Å². The number of aliphatic hydroxyl groups excluding tert-OH is 1. The number of carbonyl (C=O) groups is 4. The Morgan fingerprint density at radius 2 is 0.686 bits per heavy atom. The Hall–Kier alpha value is -2.46. The highest BCUT2D eigenvalue weighted by Crippen LogP contribution is 2.45. The molecule has 0 rings (SSSR count). The van der Waals surface area contributed by atoms with E-state index in [9.17, 15) is 43.2 Å². The number of phosphoric ester groups is 2. The molecule has 3 N–H and O–H groups in total. The molecule has 6 atom stereocenters. The molecular weight excluding hydrogens is 1140 g/mol. The van der Waals surface area contributed by atoms with Crippen molar-refractivity contribution in [3.63, 3.8) is 0 Å². The van der Waals surface area contributed by atoms with Gasteiger partial charge in [-0.25, -0.2) is 9.13 Å². The zero-order valence-electron chi connectivity index (χ0n) is 55.1. The fourth-order valence-corrected chi connectivity index (χ4v) is 11.1. The van der Waals surface area contributed by atoms with E-state index in [2.05, 4.69) is 65.8 Å². The third kappa shape index (κ3) is 59.2. The first-order valence-corrected chi connectivity index (χ1v) is 37.3. The maximum atomic E-state index is 13.0. The van der Waals surface area contributed by atoms with Crippen LogP contribution in [0.2, 0.25) is 0 Å². The van der Waals surface area contributed by atoms with E-state index in [0.29, 0.717) is 25.7 Å². The van der Waals surface area contributed by atoms with Crippen molar-refractivity contribution in [2.45, 2.75) is 330 Å². The molecule has 0 aromatic carbocycles. The summed E-state index contributed by atoms with van der Waals surface area (Å²) in [6.07, 6.45) is 45.7. The van der Waals surface area contributed by atoms with Crippen LogP contribution in [0, 0.1) is 11.8 Å². The largest absolute Gasteiger partial charge is 0.472 e. The average molecular weight is 1270 g/mol. The Morgan fingerprint density at radius 3 is 1.05 bits per heavy atom. The van der Waals surface area contributed by atoms with Crippen LogP contribution in [0.4, 0.5) is 0 Å². The summed E-state index contributed by atoms with van der Waals surface area (Å²) in [6.45, 7) is 9.33. The van der Waals surface area contributed by atoms with Crippen molar-refractivity contribution in [2.24, 2.45) is 11.8 Å². The van der Waals surface area contributed by atoms with E-state index in [-0.39, 0.29) is 25.7 Å². The van der Waals surface area contributed by atoms with Crippen LogP contribution in [-0.2, 0) is 65.4 Å². The zero-order valence-corrected chi connectivity index (χ0v) is 56.9. The first kappa shape index (κ1) is 83.5. The first-order valence-electron chi connectivity index (χ1n) is 34.3. The second-order valence-corrected chi connectivity index (χ2v) is 27.1. The number of rotatable bonds is 64. The zero-order chi connectivity index (χ0) is 63.6. The van der Waals surface area contributed by atoms with Gasteiger partial charge in [0.15, 0.2) is 12.2 Å². The SMILES string of the molecule is CCCCCC/C=C\C=C/CCCCCCCC(=O)OC[C@H](COP(=O)(O)OC[C@@H](O)COP(=O)(O)OC[C@@H](COC(=O)CCCCCCC)OC(=O)CCCCCCCCC(C)CC)OC(=O)CCCCCCCCCCCCCCCC(C)C. The minimum absolute atomic E-state index is 0.0996. The first-order chi connectivity index (χ1) is 41.4. The van der Waals surface area contributed by atoms with Crippen molar-refractivity contribution >= 4 is 39.5 Å². The van der Waals surface area contributed by atoms with E-state index in [4.69, 9.17) is 37.0 Å². The van der Waals surface area contributed by atoms with Crippen molar-refractivity contribution in [3.05, 3.63) is 24.3 Å². The number of unbranched alkanes of at least 4 members (excludes halogenated alkanes) is 30.